The Hall–Kier alpha value is -2.69. The maximum absolute atomic E-state index is 12.5. The Labute approximate surface area is 127 Å². The molecule has 0 saturated carbocycles. The number of aromatic nitrogens is 1. The predicted molar refractivity (Wildman–Crippen MR) is 86.2 cm³/mol. The summed E-state index contributed by atoms with van der Waals surface area (Å²) in [5, 5.41) is 0.950. The maximum atomic E-state index is 12.5. The molecule has 1 amide bonds. The zero-order valence-electron chi connectivity index (χ0n) is 12.7. The lowest BCUT2D eigenvalue weighted by atomic mass is 10.1. The molecule has 112 valence electrons. The molecule has 3 aromatic rings. The van der Waals surface area contributed by atoms with Crippen LogP contribution in [-0.2, 0) is 4.79 Å². The van der Waals surface area contributed by atoms with Crippen LogP contribution in [0.3, 0.4) is 0 Å². The second-order valence-electron chi connectivity index (χ2n) is 5.18. The second-order valence-corrected chi connectivity index (χ2v) is 5.18. The van der Waals surface area contributed by atoms with E-state index in [1.165, 1.54) is 6.92 Å². The Morgan fingerprint density at radius 1 is 1.23 bits per heavy atom. The largest absolute Gasteiger partial charge is 0.437 e. The molecule has 22 heavy (non-hydrogen) atoms. The van der Waals surface area contributed by atoms with Gasteiger partial charge < -0.3 is 9.32 Å². The van der Waals surface area contributed by atoms with Gasteiger partial charge in [0.1, 0.15) is 5.58 Å². The number of anilines is 1. The minimum Gasteiger partial charge on any atom is -0.437 e. The van der Waals surface area contributed by atoms with Gasteiger partial charge in [0.2, 0.25) is 17.0 Å². The first kappa shape index (κ1) is 14.3. The Kier molecular flexibility index (Phi) is 3.41. The number of nitrogens with zero attached hydrogens (tertiary/aromatic N) is 2. The van der Waals surface area contributed by atoms with E-state index >= 15 is 0 Å². The summed E-state index contributed by atoms with van der Waals surface area (Å²) in [5.74, 6) is -0.0565. The van der Waals surface area contributed by atoms with Gasteiger partial charge >= 0.3 is 0 Å². The molecule has 0 radical (unpaired) electrons. The molecule has 3 rings (SSSR count). The quantitative estimate of drug-likeness (QED) is 0.682. The van der Waals surface area contributed by atoms with Gasteiger partial charge in [-0.25, -0.2) is 4.98 Å². The zero-order valence-corrected chi connectivity index (χ0v) is 12.7. The summed E-state index contributed by atoms with van der Waals surface area (Å²) in [6.07, 6.45) is 0. The summed E-state index contributed by atoms with van der Waals surface area (Å²) < 4.78 is 5.77. The van der Waals surface area contributed by atoms with E-state index in [0.29, 0.717) is 34.3 Å². The van der Waals surface area contributed by atoms with Crippen LogP contribution in [0.4, 0.5) is 5.69 Å². The third-order valence-electron chi connectivity index (χ3n) is 3.67. The Morgan fingerprint density at radius 3 is 2.64 bits per heavy atom. The van der Waals surface area contributed by atoms with Crippen molar-refractivity contribution in [3.63, 3.8) is 0 Å². The molecule has 0 aliphatic carbocycles. The Balaban J connectivity index is 2.30. The van der Waals surface area contributed by atoms with Gasteiger partial charge in [-0.05, 0) is 38.1 Å². The third kappa shape index (κ3) is 2.24. The van der Waals surface area contributed by atoms with Gasteiger partial charge in [-0.2, -0.15) is 0 Å². The van der Waals surface area contributed by atoms with Crippen molar-refractivity contribution in [2.45, 2.75) is 20.8 Å². The van der Waals surface area contributed by atoms with Crippen LogP contribution < -0.4 is 10.3 Å². The first-order valence-electron chi connectivity index (χ1n) is 7.13. The number of fused-ring (bicyclic) bond motifs is 2. The number of aryl methyl sites for hydroxylation is 1. The van der Waals surface area contributed by atoms with E-state index in [2.05, 4.69) is 4.98 Å². The summed E-state index contributed by atoms with van der Waals surface area (Å²) in [6.45, 7) is 5.80. The normalized spacial score (nSPS) is 11.0. The fourth-order valence-corrected chi connectivity index (χ4v) is 2.57. The molecule has 0 atom stereocenters. The van der Waals surface area contributed by atoms with Crippen molar-refractivity contribution in [3.8, 4) is 0 Å². The molecule has 0 aliphatic rings. The number of rotatable bonds is 2. The van der Waals surface area contributed by atoms with Crippen LogP contribution in [0.15, 0.2) is 39.5 Å². The standard InChI is InChI=1S/C17H16N2O3/c1-4-19(11(3)20)12-6-8-13-15(9-12)22-17-14(16(13)21)7-5-10(2)18-17/h5-9H,4H2,1-3H3. The SMILES string of the molecule is CCN(C(C)=O)c1ccc2c(=O)c3ccc(C)nc3oc2c1. The van der Waals surface area contributed by atoms with Crippen molar-refractivity contribution in [3.05, 3.63) is 46.2 Å². The van der Waals surface area contributed by atoms with Gasteiger partial charge in [-0.15, -0.1) is 0 Å². The van der Waals surface area contributed by atoms with E-state index in [9.17, 15) is 9.59 Å². The number of pyridine rings is 1. The molecule has 0 aliphatic heterocycles. The number of amides is 1. The molecule has 0 spiro atoms. The van der Waals surface area contributed by atoms with E-state index < -0.39 is 0 Å². The molecule has 1 aromatic carbocycles. The average molecular weight is 296 g/mol. The summed E-state index contributed by atoms with van der Waals surface area (Å²) in [4.78, 5) is 30.0. The summed E-state index contributed by atoms with van der Waals surface area (Å²) in [7, 11) is 0. The minimum absolute atomic E-state index is 0.0565. The van der Waals surface area contributed by atoms with Crippen LogP contribution in [0.5, 0.6) is 0 Å². The number of carbonyl (C=O) groups is 1. The molecule has 0 bridgehead atoms. The zero-order chi connectivity index (χ0) is 15.9. The van der Waals surface area contributed by atoms with Crippen LogP contribution >= 0.6 is 0 Å². The van der Waals surface area contributed by atoms with Crippen molar-refractivity contribution in [1.82, 2.24) is 4.98 Å². The van der Waals surface area contributed by atoms with E-state index in [-0.39, 0.29) is 11.3 Å². The average Bonchev–Trinajstić information content (AvgIpc) is 2.47. The Bertz CT molecular complexity index is 944. The lowest BCUT2D eigenvalue weighted by Gasteiger charge is -2.19. The molecular weight excluding hydrogens is 280 g/mol. The smallest absolute Gasteiger partial charge is 0.230 e. The fourth-order valence-electron chi connectivity index (χ4n) is 2.57. The second kappa shape index (κ2) is 5.26. The summed E-state index contributed by atoms with van der Waals surface area (Å²) in [6, 6.07) is 8.68. The van der Waals surface area contributed by atoms with Gasteiger partial charge in [0, 0.05) is 30.9 Å². The monoisotopic (exact) mass is 296 g/mol. The van der Waals surface area contributed by atoms with E-state index in [1.807, 2.05) is 13.8 Å². The van der Waals surface area contributed by atoms with Gasteiger partial charge in [-0.3, -0.25) is 9.59 Å². The van der Waals surface area contributed by atoms with Crippen molar-refractivity contribution in [2.24, 2.45) is 0 Å². The highest BCUT2D eigenvalue weighted by Gasteiger charge is 2.13. The number of benzene rings is 1. The van der Waals surface area contributed by atoms with E-state index in [0.717, 1.165) is 5.69 Å². The lowest BCUT2D eigenvalue weighted by molar-refractivity contribution is -0.116. The van der Waals surface area contributed by atoms with Crippen molar-refractivity contribution >= 4 is 33.7 Å². The summed E-state index contributed by atoms with van der Waals surface area (Å²) in [5.41, 5.74) is 2.14. The lowest BCUT2D eigenvalue weighted by Crippen LogP contribution is -2.27. The third-order valence-corrected chi connectivity index (χ3v) is 3.67. The first-order valence-corrected chi connectivity index (χ1v) is 7.13. The molecule has 5 heteroatoms. The fraction of sp³-hybridized carbons (Fsp3) is 0.235. The van der Waals surface area contributed by atoms with Crippen molar-refractivity contribution in [2.75, 3.05) is 11.4 Å². The van der Waals surface area contributed by atoms with Crippen LogP contribution in [-0.4, -0.2) is 17.4 Å². The van der Waals surface area contributed by atoms with Gasteiger partial charge in [0.05, 0.1) is 10.8 Å². The maximum Gasteiger partial charge on any atom is 0.230 e. The highest BCUT2D eigenvalue weighted by atomic mass is 16.3. The van der Waals surface area contributed by atoms with Crippen molar-refractivity contribution in [1.29, 1.82) is 0 Å². The first-order chi connectivity index (χ1) is 10.5. The highest BCUT2D eigenvalue weighted by molar-refractivity contribution is 5.95. The molecular formula is C17H16N2O3. The molecule has 2 heterocycles. The van der Waals surface area contributed by atoms with E-state index in [4.69, 9.17) is 4.42 Å². The molecule has 5 nitrogen and oxygen atoms in total. The Morgan fingerprint density at radius 2 is 1.95 bits per heavy atom. The molecule has 0 saturated heterocycles. The predicted octanol–water partition coefficient (Wildman–Crippen LogP) is 3.02. The molecule has 2 aromatic heterocycles. The van der Waals surface area contributed by atoms with E-state index in [1.54, 1.807) is 35.2 Å². The minimum atomic E-state index is -0.110. The van der Waals surface area contributed by atoms with Crippen molar-refractivity contribution < 1.29 is 9.21 Å². The van der Waals surface area contributed by atoms with Crippen LogP contribution in [0.2, 0.25) is 0 Å². The van der Waals surface area contributed by atoms with Gasteiger partial charge in [0.15, 0.2) is 0 Å². The number of carbonyl (C=O) groups excluding carboxylic acids is 1. The molecule has 0 unspecified atom stereocenters. The van der Waals surface area contributed by atoms with Crippen LogP contribution in [0.25, 0.3) is 22.1 Å². The van der Waals surface area contributed by atoms with Gasteiger partial charge in [-0.1, -0.05) is 0 Å². The highest BCUT2D eigenvalue weighted by Crippen LogP contribution is 2.23. The molecule has 0 fully saturated rings. The summed E-state index contributed by atoms with van der Waals surface area (Å²) >= 11 is 0. The topological polar surface area (TPSA) is 63.4 Å². The molecule has 0 N–H and O–H groups in total. The number of hydrogen-bond donors (Lipinski definition) is 0. The van der Waals surface area contributed by atoms with Crippen LogP contribution in [0, 0.1) is 6.92 Å². The number of hydrogen-bond acceptors (Lipinski definition) is 4. The van der Waals surface area contributed by atoms with Gasteiger partial charge in [0.25, 0.3) is 0 Å². The van der Waals surface area contributed by atoms with Crippen LogP contribution in [0.1, 0.15) is 19.5 Å².